The number of nitrogens with one attached hydrogen (secondary N) is 1. The summed E-state index contributed by atoms with van der Waals surface area (Å²) < 4.78 is 56.4. The zero-order valence-electron chi connectivity index (χ0n) is 13.8. The Morgan fingerprint density at radius 1 is 1.00 bits per heavy atom. The van der Waals surface area contributed by atoms with Crippen LogP contribution in [-0.2, 0) is 16.6 Å². The van der Waals surface area contributed by atoms with Gasteiger partial charge in [-0.05, 0) is 24.3 Å². The monoisotopic (exact) mass is 389 g/mol. The van der Waals surface area contributed by atoms with Crippen molar-refractivity contribution in [2.45, 2.75) is 11.4 Å². The molecule has 1 N–H and O–H groups in total. The molecule has 0 aromatic heterocycles. The average molecular weight is 390 g/mol. The predicted octanol–water partition coefficient (Wildman–Crippen LogP) is 2.98. The lowest BCUT2D eigenvalue weighted by Gasteiger charge is -2.15. The van der Waals surface area contributed by atoms with Gasteiger partial charge in [-0.25, -0.2) is 17.5 Å². The van der Waals surface area contributed by atoms with E-state index in [1.165, 1.54) is 27.4 Å². The van der Waals surface area contributed by atoms with Gasteiger partial charge in [0, 0.05) is 23.2 Å². The highest BCUT2D eigenvalue weighted by molar-refractivity contribution is 7.89. The minimum atomic E-state index is -4.08. The van der Waals surface area contributed by atoms with Crippen LogP contribution >= 0.6 is 11.6 Å². The highest BCUT2D eigenvalue weighted by Gasteiger charge is 2.20. The number of rotatable bonds is 7. The Hall–Kier alpha value is -2.03. The number of hydrogen-bond donors (Lipinski definition) is 1. The van der Waals surface area contributed by atoms with Crippen LogP contribution in [0.1, 0.15) is 5.56 Å². The van der Waals surface area contributed by atoms with Crippen molar-refractivity contribution in [1.29, 1.82) is 0 Å². The summed E-state index contributed by atoms with van der Waals surface area (Å²) >= 11 is 5.64. The van der Waals surface area contributed by atoms with Gasteiger partial charge < -0.3 is 14.2 Å². The quantitative estimate of drug-likeness (QED) is 0.788. The first-order valence-electron chi connectivity index (χ1n) is 7.06. The van der Waals surface area contributed by atoms with Crippen LogP contribution in [0, 0.1) is 5.82 Å². The Morgan fingerprint density at radius 2 is 1.60 bits per heavy atom. The summed E-state index contributed by atoms with van der Waals surface area (Å²) in [6, 6.07) is 6.50. The van der Waals surface area contributed by atoms with Crippen LogP contribution in [0.5, 0.6) is 17.2 Å². The van der Waals surface area contributed by atoms with Crippen molar-refractivity contribution in [2.24, 2.45) is 0 Å². The third kappa shape index (κ3) is 4.33. The van der Waals surface area contributed by atoms with E-state index in [1.54, 1.807) is 12.1 Å². The summed E-state index contributed by atoms with van der Waals surface area (Å²) in [7, 11) is 0.300. The Kier molecular flexibility index (Phi) is 6.10. The molecule has 25 heavy (non-hydrogen) atoms. The van der Waals surface area contributed by atoms with E-state index in [4.69, 9.17) is 25.8 Å². The van der Waals surface area contributed by atoms with Crippen molar-refractivity contribution in [3.8, 4) is 17.2 Å². The van der Waals surface area contributed by atoms with Gasteiger partial charge in [0.25, 0.3) is 0 Å². The van der Waals surface area contributed by atoms with Gasteiger partial charge in [-0.2, -0.15) is 0 Å². The third-order valence-corrected chi connectivity index (χ3v) is 5.09. The number of sulfonamides is 1. The zero-order valence-corrected chi connectivity index (χ0v) is 15.4. The molecular formula is C16H17ClFNO5S. The molecule has 6 nitrogen and oxygen atoms in total. The minimum Gasteiger partial charge on any atom is -0.496 e. The number of methoxy groups -OCH3 is 3. The maximum Gasteiger partial charge on any atom is 0.243 e. The summed E-state index contributed by atoms with van der Waals surface area (Å²) in [6.07, 6.45) is 0. The lowest BCUT2D eigenvalue weighted by atomic mass is 10.1. The average Bonchev–Trinajstić information content (AvgIpc) is 2.58. The molecule has 0 aliphatic rings. The molecule has 0 bridgehead atoms. The van der Waals surface area contributed by atoms with Gasteiger partial charge in [0.1, 0.15) is 16.5 Å². The summed E-state index contributed by atoms with van der Waals surface area (Å²) in [6.45, 7) is -0.131. The van der Waals surface area contributed by atoms with Crippen LogP contribution in [0.25, 0.3) is 0 Å². The first-order valence-corrected chi connectivity index (χ1v) is 8.92. The van der Waals surface area contributed by atoms with Gasteiger partial charge in [0.15, 0.2) is 11.5 Å². The van der Waals surface area contributed by atoms with Crippen LogP contribution in [0.2, 0.25) is 5.02 Å². The molecule has 0 aliphatic heterocycles. The van der Waals surface area contributed by atoms with Crippen molar-refractivity contribution in [2.75, 3.05) is 21.3 Å². The van der Waals surface area contributed by atoms with Crippen molar-refractivity contribution < 1.29 is 27.0 Å². The molecular weight excluding hydrogens is 373 g/mol. The third-order valence-electron chi connectivity index (χ3n) is 3.42. The van der Waals surface area contributed by atoms with Gasteiger partial charge in [-0.15, -0.1) is 0 Å². The SMILES string of the molecule is COc1cc(OC)c(OC)cc1CNS(=O)(=O)c1ccc(Cl)cc1F. The molecule has 9 heteroatoms. The summed E-state index contributed by atoms with van der Waals surface area (Å²) in [5.74, 6) is 0.320. The van der Waals surface area contributed by atoms with Gasteiger partial charge in [0.2, 0.25) is 10.0 Å². The normalized spacial score (nSPS) is 11.2. The van der Waals surface area contributed by atoms with E-state index in [2.05, 4.69) is 4.72 Å². The molecule has 0 heterocycles. The number of halogens is 2. The number of hydrogen-bond acceptors (Lipinski definition) is 5. The van der Waals surface area contributed by atoms with Crippen LogP contribution in [0.4, 0.5) is 4.39 Å². The Bertz CT molecular complexity index is 873. The summed E-state index contributed by atoms with van der Waals surface area (Å²) in [4.78, 5) is -0.489. The van der Waals surface area contributed by atoms with Crippen LogP contribution in [-0.4, -0.2) is 29.7 Å². The van der Waals surface area contributed by atoms with E-state index in [0.29, 0.717) is 22.8 Å². The molecule has 2 rings (SSSR count). The second-order valence-electron chi connectivity index (χ2n) is 4.92. The van der Waals surface area contributed by atoms with E-state index >= 15 is 0 Å². The molecule has 0 fully saturated rings. The number of ether oxygens (including phenoxy) is 3. The summed E-state index contributed by atoms with van der Waals surface area (Å²) in [5, 5.41) is 0.109. The molecule has 0 saturated carbocycles. The first-order chi connectivity index (χ1) is 11.8. The molecule has 0 atom stereocenters. The highest BCUT2D eigenvalue weighted by atomic mass is 35.5. The first kappa shape index (κ1) is 19.3. The van der Waals surface area contributed by atoms with Gasteiger partial charge in [-0.3, -0.25) is 0 Å². The smallest absolute Gasteiger partial charge is 0.243 e. The molecule has 2 aromatic rings. The van der Waals surface area contributed by atoms with E-state index in [9.17, 15) is 12.8 Å². The van der Waals surface area contributed by atoms with Gasteiger partial charge >= 0.3 is 0 Å². The van der Waals surface area contributed by atoms with Crippen molar-refractivity contribution in [1.82, 2.24) is 4.72 Å². The molecule has 0 spiro atoms. The Balaban J connectivity index is 2.31. The maximum atomic E-state index is 13.9. The van der Waals surface area contributed by atoms with Gasteiger partial charge in [-0.1, -0.05) is 11.6 Å². The second kappa shape index (κ2) is 7.90. The van der Waals surface area contributed by atoms with Crippen molar-refractivity contribution in [3.63, 3.8) is 0 Å². The minimum absolute atomic E-state index is 0.109. The summed E-state index contributed by atoms with van der Waals surface area (Å²) in [5.41, 5.74) is 0.498. The molecule has 0 unspecified atom stereocenters. The maximum absolute atomic E-state index is 13.9. The lowest BCUT2D eigenvalue weighted by molar-refractivity contribution is 0.347. The zero-order chi connectivity index (χ0) is 18.6. The van der Waals surface area contributed by atoms with Gasteiger partial charge in [0.05, 0.1) is 21.3 Å². The molecule has 0 amide bonds. The van der Waals surface area contributed by atoms with Crippen LogP contribution < -0.4 is 18.9 Å². The van der Waals surface area contributed by atoms with E-state index in [-0.39, 0.29) is 11.6 Å². The van der Waals surface area contributed by atoms with E-state index in [0.717, 1.165) is 12.1 Å². The van der Waals surface area contributed by atoms with Crippen molar-refractivity contribution >= 4 is 21.6 Å². The molecule has 136 valence electrons. The topological polar surface area (TPSA) is 73.9 Å². The molecule has 2 aromatic carbocycles. The fourth-order valence-electron chi connectivity index (χ4n) is 2.17. The second-order valence-corrected chi connectivity index (χ2v) is 7.09. The predicted molar refractivity (Wildman–Crippen MR) is 91.5 cm³/mol. The standard InChI is InChI=1S/C16H17ClFNO5S/c1-22-13-8-15(24-3)14(23-2)6-10(13)9-19-25(20,21)16-5-4-11(17)7-12(16)18/h4-8,19H,9H2,1-3H3. The highest BCUT2D eigenvalue weighted by Crippen LogP contribution is 2.34. The fraction of sp³-hybridized carbons (Fsp3) is 0.250. The molecule has 0 aliphatic carbocycles. The van der Waals surface area contributed by atoms with E-state index in [1.807, 2.05) is 0 Å². The number of benzene rings is 2. The fourth-order valence-corrected chi connectivity index (χ4v) is 3.40. The molecule has 0 radical (unpaired) electrons. The lowest BCUT2D eigenvalue weighted by Crippen LogP contribution is -2.24. The Morgan fingerprint density at radius 3 is 2.16 bits per heavy atom. The largest absolute Gasteiger partial charge is 0.496 e. The molecule has 0 saturated heterocycles. The Labute approximate surface area is 150 Å². The van der Waals surface area contributed by atoms with E-state index < -0.39 is 20.7 Å². The van der Waals surface area contributed by atoms with Crippen LogP contribution in [0.3, 0.4) is 0 Å². The van der Waals surface area contributed by atoms with Crippen molar-refractivity contribution in [3.05, 3.63) is 46.7 Å². The van der Waals surface area contributed by atoms with Crippen LogP contribution in [0.15, 0.2) is 35.2 Å².